The van der Waals surface area contributed by atoms with Gasteiger partial charge in [-0.3, -0.25) is 10.1 Å². The molecule has 0 aliphatic carbocycles. The summed E-state index contributed by atoms with van der Waals surface area (Å²) in [7, 11) is 0. The van der Waals surface area contributed by atoms with Gasteiger partial charge in [0.15, 0.2) is 0 Å². The first kappa shape index (κ1) is 15.8. The van der Waals surface area contributed by atoms with E-state index in [1.807, 2.05) is 6.07 Å². The number of hydrogen-bond acceptors (Lipinski definition) is 6. The first-order chi connectivity index (χ1) is 10.3. The quantitative estimate of drug-likeness (QED) is 0.453. The van der Waals surface area contributed by atoms with E-state index in [1.165, 1.54) is 6.07 Å². The number of nitro benzene ring substituents is 1. The molecule has 1 fully saturated rings. The molecule has 2 rings (SSSR count). The molecule has 116 valence electrons. The molecule has 0 amide bonds. The average Bonchev–Trinajstić information content (AvgIpc) is 2.48. The van der Waals surface area contributed by atoms with Gasteiger partial charge in [-0.25, -0.2) is 0 Å². The summed E-state index contributed by atoms with van der Waals surface area (Å²) in [6.45, 7) is 6.18. The van der Waals surface area contributed by atoms with E-state index in [-0.39, 0.29) is 16.7 Å². The molecule has 1 aliphatic heterocycles. The van der Waals surface area contributed by atoms with Crippen molar-refractivity contribution >= 4 is 5.69 Å². The average molecular weight is 293 g/mol. The van der Waals surface area contributed by atoms with Crippen molar-refractivity contribution in [3.05, 3.63) is 39.9 Å². The number of nitro groups is 1. The first-order valence-corrected chi connectivity index (χ1v) is 7.37. The number of non-ortho nitro benzene ring substituents is 1. The lowest BCUT2D eigenvalue weighted by Crippen LogP contribution is -2.41. The molecule has 0 aromatic heterocycles. The molecule has 0 saturated carbocycles. The third-order valence-corrected chi connectivity index (χ3v) is 3.48. The van der Waals surface area contributed by atoms with E-state index in [4.69, 9.17) is 0 Å². The second-order valence-electron chi connectivity index (χ2n) is 5.06. The third-order valence-electron chi connectivity index (χ3n) is 3.48. The lowest BCUT2D eigenvalue weighted by Gasteiger charge is -2.21. The summed E-state index contributed by atoms with van der Waals surface area (Å²) in [4.78, 5) is 10.5. The summed E-state index contributed by atoms with van der Waals surface area (Å²) < 4.78 is 0. The Morgan fingerprint density at radius 3 is 2.38 bits per heavy atom. The van der Waals surface area contributed by atoms with Crippen LogP contribution in [0.25, 0.3) is 0 Å². The summed E-state index contributed by atoms with van der Waals surface area (Å²) in [6.07, 6.45) is 0. The zero-order valence-electron chi connectivity index (χ0n) is 12.1. The molecule has 7 nitrogen and oxygen atoms in total. The summed E-state index contributed by atoms with van der Waals surface area (Å²) in [5.74, 6) is 0. The Balaban J connectivity index is 2.02. The summed E-state index contributed by atoms with van der Waals surface area (Å²) in [5, 5.41) is 24.4. The molecule has 1 atom stereocenters. The Kier molecular flexibility index (Phi) is 6.55. The Morgan fingerprint density at radius 2 is 1.67 bits per heavy atom. The van der Waals surface area contributed by atoms with Crippen LogP contribution in [0.4, 0.5) is 5.69 Å². The maximum atomic E-state index is 10.9. The van der Waals surface area contributed by atoms with E-state index in [0.717, 1.165) is 51.4 Å². The highest BCUT2D eigenvalue weighted by molar-refractivity contribution is 5.36. The van der Waals surface area contributed by atoms with Gasteiger partial charge in [-0.1, -0.05) is 12.1 Å². The second-order valence-corrected chi connectivity index (χ2v) is 5.06. The number of benzene rings is 1. The molecular weight excluding hydrogens is 270 g/mol. The van der Waals surface area contributed by atoms with Crippen molar-refractivity contribution in [1.29, 1.82) is 0 Å². The van der Waals surface area contributed by atoms with Crippen molar-refractivity contribution in [2.45, 2.75) is 6.04 Å². The van der Waals surface area contributed by atoms with Crippen LogP contribution in [0.15, 0.2) is 24.3 Å². The standard InChI is InChI=1S/C14H23N5O2/c20-19(21)13-3-1-2-12(10-13)14-11-17-7-6-15-4-5-16-8-9-18-14/h1-3,10,14-18H,4-9,11H2. The topological polar surface area (TPSA) is 91.3 Å². The monoisotopic (exact) mass is 293 g/mol. The normalized spacial score (nSPS) is 22.0. The summed E-state index contributed by atoms with van der Waals surface area (Å²) in [6, 6.07) is 6.93. The fraction of sp³-hybridized carbons (Fsp3) is 0.571. The fourth-order valence-electron chi connectivity index (χ4n) is 2.35. The Labute approximate surface area is 124 Å². The van der Waals surface area contributed by atoms with Crippen LogP contribution in [0.2, 0.25) is 0 Å². The predicted octanol–water partition coefficient (Wildman–Crippen LogP) is 0.00790. The second kappa shape index (κ2) is 8.68. The van der Waals surface area contributed by atoms with Gasteiger partial charge in [-0.15, -0.1) is 0 Å². The SMILES string of the molecule is O=[N+]([O-])c1cccc(C2CNCCNCCNCCN2)c1. The summed E-state index contributed by atoms with van der Waals surface area (Å²) >= 11 is 0. The van der Waals surface area contributed by atoms with Crippen LogP contribution in [-0.4, -0.2) is 50.7 Å². The Hall–Kier alpha value is -1.54. The highest BCUT2D eigenvalue weighted by Crippen LogP contribution is 2.18. The number of rotatable bonds is 2. The van der Waals surface area contributed by atoms with Gasteiger partial charge in [0, 0.05) is 64.0 Å². The van der Waals surface area contributed by atoms with Gasteiger partial charge in [-0.05, 0) is 5.56 Å². The van der Waals surface area contributed by atoms with Crippen molar-refractivity contribution in [2.24, 2.45) is 0 Å². The molecule has 0 bridgehead atoms. The maximum absolute atomic E-state index is 10.9. The molecule has 1 saturated heterocycles. The van der Waals surface area contributed by atoms with Crippen LogP contribution < -0.4 is 21.3 Å². The largest absolute Gasteiger partial charge is 0.314 e. The third kappa shape index (κ3) is 5.39. The van der Waals surface area contributed by atoms with Gasteiger partial charge in [0.1, 0.15) is 0 Å². The number of nitrogens with zero attached hydrogens (tertiary/aromatic N) is 1. The van der Waals surface area contributed by atoms with Crippen molar-refractivity contribution in [1.82, 2.24) is 21.3 Å². The van der Waals surface area contributed by atoms with Crippen LogP contribution in [0.3, 0.4) is 0 Å². The van der Waals surface area contributed by atoms with Gasteiger partial charge in [0.25, 0.3) is 5.69 Å². The van der Waals surface area contributed by atoms with E-state index in [9.17, 15) is 10.1 Å². The molecule has 1 unspecified atom stereocenters. The Bertz CT molecular complexity index is 443. The van der Waals surface area contributed by atoms with Crippen molar-refractivity contribution < 1.29 is 4.92 Å². The number of nitrogens with one attached hydrogen (secondary N) is 4. The van der Waals surface area contributed by atoms with Crippen molar-refractivity contribution in [2.75, 3.05) is 45.8 Å². The van der Waals surface area contributed by atoms with Crippen LogP contribution in [-0.2, 0) is 0 Å². The molecule has 4 N–H and O–H groups in total. The van der Waals surface area contributed by atoms with Gasteiger partial charge < -0.3 is 21.3 Å². The molecular formula is C14H23N5O2. The van der Waals surface area contributed by atoms with Crippen LogP contribution in [0, 0.1) is 10.1 Å². The molecule has 0 radical (unpaired) electrons. The van der Waals surface area contributed by atoms with E-state index in [0.29, 0.717) is 0 Å². The molecule has 0 spiro atoms. The Morgan fingerprint density at radius 1 is 1.00 bits per heavy atom. The highest BCUT2D eigenvalue weighted by Gasteiger charge is 2.14. The lowest BCUT2D eigenvalue weighted by molar-refractivity contribution is -0.384. The van der Waals surface area contributed by atoms with E-state index < -0.39 is 0 Å². The smallest absolute Gasteiger partial charge is 0.269 e. The lowest BCUT2D eigenvalue weighted by atomic mass is 10.1. The minimum absolute atomic E-state index is 0.0751. The molecule has 1 heterocycles. The van der Waals surface area contributed by atoms with Gasteiger partial charge in [-0.2, -0.15) is 0 Å². The van der Waals surface area contributed by atoms with Crippen molar-refractivity contribution in [3.8, 4) is 0 Å². The first-order valence-electron chi connectivity index (χ1n) is 7.37. The van der Waals surface area contributed by atoms with Crippen LogP contribution >= 0.6 is 0 Å². The highest BCUT2D eigenvalue weighted by atomic mass is 16.6. The number of hydrogen-bond donors (Lipinski definition) is 4. The van der Waals surface area contributed by atoms with Gasteiger partial charge >= 0.3 is 0 Å². The molecule has 21 heavy (non-hydrogen) atoms. The van der Waals surface area contributed by atoms with Gasteiger partial charge in [0.2, 0.25) is 0 Å². The molecule has 1 aliphatic rings. The molecule has 7 heteroatoms. The fourth-order valence-corrected chi connectivity index (χ4v) is 2.35. The minimum Gasteiger partial charge on any atom is -0.314 e. The van der Waals surface area contributed by atoms with E-state index in [2.05, 4.69) is 21.3 Å². The minimum atomic E-state index is -0.349. The zero-order valence-corrected chi connectivity index (χ0v) is 12.1. The van der Waals surface area contributed by atoms with Crippen LogP contribution in [0.1, 0.15) is 11.6 Å². The molecule has 1 aromatic rings. The molecule has 1 aromatic carbocycles. The van der Waals surface area contributed by atoms with E-state index in [1.54, 1.807) is 12.1 Å². The maximum Gasteiger partial charge on any atom is 0.269 e. The van der Waals surface area contributed by atoms with E-state index >= 15 is 0 Å². The van der Waals surface area contributed by atoms with Crippen LogP contribution in [0.5, 0.6) is 0 Å². The summed E-state index contributed by atoms with van der Waals surface area (Å²) in [5.41, 5.74) is 1.09. The predicted molar refractivity (Wildman–Crippen MR) is 82.4 cm³/mol. The zero-order chi connectivity index (χ0) is 14.9. The van der Waals surface area contributed by atoms with Crippen molar-refractivity contribution in [3.63, 3.8) is 0 Å². The van der Waals surface area contributed by atoms with Gasteiger partial charge in [0.05, 0.1) is 4.92 Å².